The molecule has 4 rings (SSSR count). The second kappa shape index (κ2) is 11.8. The number of aliphatic hydroxyl groups excluding tert-OH is 1. The van der Waals surface area contributed by atoms with Crippen molar-refractivity contribution in [2.24, 2.45) is 0 Å². The summed E-state index contributed by atoms with van der Waals surface area (Å²) in [4.78, 5) is 0. The Labute approximate surface area is 217 Å². The molecule has 0 aromatic heterocycles. The molecule has 4 nitrogen and oxygen atoms in total. The van der Waals surface area contributed by atoms with Gasteiger partial charge < -0.3 is 19.0 Å². The Morgan fingerprint density at radius 3 is 1.83 bits per heavy atom. The van der Waals surface area contributed by atoms with Gasteiger partial charge in [0.2, 0.25) is 0 Å². The van der Waals surface area contributed by atoms with Crippen LogP contribution in [0.3, 0.4) is 0 Å². The molecule has 0 saturated carbocycles. The average Bonchev–Trinajstić information content (AvgIpc) is 3.65. The number of epoxide rings is 1. The van der Waals surface area contributed by atoms with Crippen LogP contribution in [0.5, 0.6) is 0 Å². The van der Waals surface area contributed by atoms with Crippen molar-refractivity contribution in [3.8, 4) is 0 Å². The van der Waals surface area contributed by atoms with Crippen LogP contribution in [-0.4, -0.2) is 44.4 Å². The predicted octanol–water partition coefficient (Wildman–Crippen LogP) is 5.08. The quantitative estimate of drug-likeness (QED) is 0.276. The molecule has 36 heavy (non-hydrogen) atoms. The molecule has 192 valence electrons. The van der Waals surface area contributed by atoms with Crippen LogP contribution < -0.4 is 10.4 Å². The van der Waals surface area contributed by atoms with E-state index in [-0.39, 0.29) is 36.1 Å². The third-order valence-corrected chi connectivity index (χ3v) is 12.2. The molecule has 1 aliphatic rings. The van der Waals surface area contributed by atoms with Crippen LogP contribution in [0.2, 0.25) is 5.04 Å². The zero-order valence-electron chi connectivity index (χ0n) is 22.0. The highest BCUT2D eigenvalue weighted by Gasteiger charge is 2.52. The summed E-state index contributed by atoms with van der Waals surface area (Å²) in [5.74, 6) is 0. The molecule has 0 spiro atoms. The summed E-state index contributed by atoms with van der Waals surface area (Å²) in [6.07, 6.45) is 1.39. The molecule has 1 fully saturated rings. The SMILES string of the molecule is C[C@H](C[C@@H](C[C@H]1O[C@@H]1CO)O[Si](c1ccccc1)(c1ccccc1)C(C)(C)C)OCc1ccccc1. The molecule has 3 aromatic carbocycles. The van der Waals surface area contributed by atoms with E-state index in [0.717, 1.165) is 12.8 Å². The lowest BCUT2D eigenvalue weighted by Gasteiger charge is -2.45. The van der Waals surface area contributed by atoms with Crippen LogP contribution in [0.4, 0.5) is 0 Å². The first-order valence-corrected chi connectivity index (χ1v) is 14.9. The maximum atomic E-state index is 9.62. The van der Waals surface area contributed by atoms with E-state index in [1.165, 1.54) is 15.9 Å². The smallest absolute Gasteiger partial charge is 0.261 e. The van der Waals surface area contributed by atoms with Crippen molar-refractivity contribution in [2.75, 3.05) is 6.61 Å². The van der Waals surface area contributed by atoms with E-state index in [2.05, 4.69) is 100 Å². The van der Waals surface area contributed by atoms with E-state index in [4.69, 9.17) is 13.9 Å². The van der Waals surface area contributed by atoms with E-state index in [9.17, 15) is 5.11 Å². The first kappa shape index (κ1) is 26.8. The molecule has 1 aliphatic heterocycles. The molecular weight excluding hydrogens is 464 g/mol. The Bertz CT molecular complexity index is 1010. The molecular formula is C31H40O4Si. The normalized spacial score (nSPS) is 19.6. The van der Waals surface area contributed by atoms with Crippen LogP contribution in [0.25, 0.3) is 0 Å². The Hall–Kier alpha value is -2.28. The minimum Gasteiger partial charge on any atom is -0.404 e. The van der Waals surface area contributed by atoms with Gasteiger partial charge in [-0.3, -0.25) is 0 Å². The standard InChI is InChI=1S/C31H40O4Si/c1-24(33-23-25-14-8-5-9-15-25)20-26(21-29-30(22-32)34-29)35-36(31(2,3)4,27-16-10-6-11-17-27)28-18-12-7-13-19-28/h5-19,24,26,29-30,32H,20-23H2,1-4H3/t24-,26+,29-,30-/m1/s1. The molecule has 1 saturated heterocycles. The van der Waals surface area contributed by atoms with Gasteiger partial charge in [0, 0.05) is 6.42 Å². The summed E-state index contributed by atoms with van der Waals surface area (Å²) in [5.41, 5.74) is 1.17. The first-order valence-electron chi connectivity index (χ1n) is 13.0. The lowest BCUT2D eigenvalue weighted by Crippen LogP contribution is -2.67. The van der Waals surface area contributed by atoms with Crippen molar-refractivity contribution in [2.45, 2.75) is 76.6 Å². The van der Waals surface area contributed by atoms with Crippen LogP contribution in [0, 0.1) is 0 Å². The summed E-state index contributed by atoms with van der Waals surface area (Å²) >= 11 is 0. The van der Waals surface area contributed by atoms with Crippen molar-refractivity contribution in [3.63, 3.8) is 0 Å². The Kier molecular flexibility index (Phi) is 8.81. The average molecular weight is 505 g/mol. The minimum atomic E-state index is -2.71. The van der Waals surface area contributed by atoms with Gasteiger partial charge in [-0.05, 0) is 34.3 Å². The second-order valence-electron chi connectivity index (χ2n) is 10.9. The third kappa shape index (κ3) is 6.34. The van der Waals surface area contributed by atoms with E-state index < -0.39 is 8.32 Å². The molecule has 1 N–H and O–H groups in total. The molecule has 4 atom stereocenters. The number of ether oxygens (including phenoxy) is 2. The number of aliphatic hydroxyl groups is 1. The molecule has 0 unspecified atom stereocenters. The molecule has 0 radical (unpaired) electrons. The summed E-state index contributed by atoms with van der Waals surface area (Å²) in [6, 6.07) is 31.8. The fraction of sp³-hybridized carbons (Fsp3) is 0.419. The zero-order valence-corrected chi connectivity index (χ0v) is 23.0. The first-order chi connectivity index (χ1) is 17.3. The minimum absolute atomic E-state index is 0.0137. The van der Waals surface area contributed by atoms with Gasteiger partial charge in [-0.15, -0.1) is 0 Å². The number of benzene rings is 3. The molecule has 3 aromatic rings. The molecule has 0 amide bonds. The predicted molar refractivity (Wildman–Crippen MR) is 148 cm³/mol. The summed E-state index contributed by atoms with van der Waals surface area (Å²) in [6.45, 7) is 9.66. The third-order valence-electron chi connectivity index (χ3n) is 7.10. The summed E-state index contributed by atoms with van der Waals surface area (Å²) in [7, 11) is -2.71. The van der Waals surface area contributed by atoms with Gasteiger partial charge in [-0.2, -0.15) is 0 Å². The van der Waals surface area contributed by atoms with Crippen molar-refractivity contribution in [1.82, 2.24) is 0 Å². The van der Waals surface area contributed by atoms with Crippen molar-refractivity contribution < 1.29 is 19.0 Å². The fourth-order valence-corrected chi connectivity index (χ4v) is 9.90. The van der Waals surface area contributed by atoms with Crippen LogP contribution >= 0.6 is 0 Å². The summed E-state index contributed by atoms with van der Waals surface area (Å²) < 4.78 is 19.5. The molecule has 1 heterocycles. The van der Waals surface area contributed by atoms with Gasteiger partial charge in [-0.25, -0.2) is 0 Å². The van der Waals surface area contributed by atoms with E-state index >= 15 is 0 Å². The number of rotatable bonds is 12. The van der Waals surface area contributed by atoms with Crippen LogP contribution in [-0.2, 0) is 20.5 Å². The van der Waals surface area contributed by atoms with Crippen molar-refractivity contribution in [3.05, 3.63) is 96.6 Å². The molecule has 0 aliphatic carbocycles. The zero-order chi connectivity index (χ0) is 25.6. The molecule has 0 bridgehead atoms. The highest BCUT2D eigenvalue weighted by atomic mass is 28.4. The number of hydrogen-bond donors (Lipinski definition) is 1. The van der Waals surface area contributed by atoms with Gasteiger partial charge in [0.25, 0.3) is 8.32 Å². The van der Waals surface area contributed by atoms with Gasteiger partial charge >= 0.3 is 0 Å². The van der Waals surface area contributed by atoms with Gasteiger partial charge in [0.1, 0.15) is 6.10 Å². The maximum Gasteiger partial charge on any atom is 0.261 e. The number of hydrogen-bond acceptors (Lipinski definition) is 4. The Morgan fingerprint density at radius 2 is 1.36 bits per heavy atom. The van der Waals surface area contributed by atoms with E-state index in [1.807, 2.05) is 18.2 Å². The second-order valence-corrected chi connectivity index (χ2v) is 15.1. The topological polar surface area (TPSA) is 51.2 Å². The highest BCUT2D eigenvalue weighted by molar-refractivity contribution is 6.99. The fourth-order valence-electron chi connectivity index (χ4n) is 5.19. The lowest BCUT2D eigenvalue weighted by molar-refractivity contribution is 0.0152. The van der Waals surface area contributed by atoms with Crippen molar-refractivity contribution >= 4 is 18.7 Å². The van der Waals surface area contributed by atoms with Crippen molar-refractivity contribution in [1.29, 1.82) is 0 Å². The molecule has 5 heteroatoms. The van der Waals surface area contributed by atoms with Gasteiger partial charge in [0.05, 0.1) is 31.5 Å². The largest absolute Gasteiger partial charge is 0.404 e. The monoisotopic (exact) mass is 504 g/mol. The maximum absolute atomic E-state index is 9.62. The van der Waals surface area contributed by atoms with Crippen LogP contribution in [0.15, 0.2) is 91.0 Å². The lowest BCUT2D eigenvalue weighted by atomic mass is 10.1. The van der Waals surface area contributed by atoms with Gasteiger partial charge in [0.15, 0.2) is 0 Å². The van der Waals surface area contributed by atoms with Crippen LogP contribution in [0.1, 0.15) is 46.1 Å². The summed E-state index contributed by atoms with van der Waals surface area (Å²) in [5, 5.41) is 12.0. The van der Waals surface area contributed by atoms with Gasteiger partial charge in [-0.1, -0.05) is 112 Å². The van der Waals surface area contributed by atoms with E-state index in [0.29, 0.717) is 6.61 Å². The Morgan fingerprint density at radius 1 is 0.833 bits per heavy atom. The Balaban J connectivity index is 1.64. The van der Waals surface area contributed by atoms with E-state index in [1.54, 1.807) is 0 Å². The highest BCUT2D eigenvalue weighted by Crippen LogP contribution is 2.39.